The van der Waals surface area contributed by atoms with Gasteiger partial charge in [0.25, 0.3) is 0 Å². The van der Waals surface area contributed by atoms with Gasteiger partial charge in [0.05, 0.1) is 0 Å². The molecule has 0 unspecified atom stereocenters. The Morgan fingerprint density at radius 2 is 2.00 bits per heavy atom. The van der Waals surface area contributed by atoms with Gasteiger partial charge in [-0.3, -0.25) is 0 Å². The molecule has 0 aromatic heterocycles. The third kappa shape index (κ3) is 1.02. The van der Waals surface area contributed by atoms with Crippen LogP contribution in [0.5, 0.6) is 0 Å². The predicted molar refractivity (Wildman–Crippen MR) is 36.9 cm³/mol. The molecule has 1 rings (SSSR count). The van der Waals surface area contributed by atoms with Gasteiger partial charge in [-0.15, -0.1) is 0 Å². The van der Waals surface area contributed by atoms with E-state index >= 15 is 0 Å². The van der Waals surface area contributed by atoms with Crippen LogP contribution in [0.1, 0.15) is 12.8 Å². The van der Waals surface area contributed by atoms with Crippen LogP contribution in [0.2, 0.25) is 0 Å². The fourth-order valence-corrected chi connectivity index (χ4v) is 1.71. The van der Waals surface area contributed by atoms with Gasteiger partial charge >= 0.3 is 64.4 Å². The van der Waals surface area contributed by atoms with Crippen molar-refractivity contribution < 1.29 is 0 Å². The second kappa shape index (κ2) is 2.76. The van der Waals surface area contributed by atoms with E-state index in [-0.39, 0.29) is 0 Å². The Hall–Kier alpha value is 0.344. The van der Waals surface area contributed by atoms with Crippen molar-refractivity contribution in [3.63, 3.8) is 0 Å². The van der Waals surface area contributed by atoms with Crippen molar-refractivity contribution in [1.82, 2.24) is 0 Å². The topological polar surface area (TPSA) is 0 Å². The second-order valence-corrected chi connectivity index (χ2v) is 2.69. The van der Waals surface area contributed by atoms with Crippen LogP contribution in [0.3, 0.4) is 0 Å². The van der Waals surface area contributed by atoms with Crippen molar-refractivity contribution >= 4 is 30.4 Å². The fraction of sp³-hybridized carbons (Fsp3) is 0.333. The number of allylic oxidation sites excluding steroid dienone is 2. The Kier molecular flexibility index (Phi) is 2.23. The summed E-state index contributed by atoms with van der Waals surface area (Å²) in [5, 5.41) is 0. The standard InChI is InChI=1S/C6H6B.Sn/c1-5-2-3-6(5)4-7;/h1,4H,2-3H2;/q;+1/b5-1?,6-4-;. The Bertz CT molecular complexity index is 129. The molecular weight excluding hydrogens is 202 g/mol. The molecule has 2 heteroatoms. The molecule has 0 bridgehead atoms. The van der Waals surface area contributed by atoms with E-state index in [1.807, 2.05) is 0 Å². The quantitative estimate of drug-likeness (QED) is 0.518. The minimum atomic E-state index is 1.19. The first kappa shape index (κ1) is 6.46. The zero-order chi connectivity index (χ0) is 5.98. The van der Waals surface area contributed by atoms with Crippen molar-refractivity contribution in [1.29, 1.82) is 0 Å². The van der Waals surface area contributed by atoms with Gasteiger partial charge in [-0.1, -0.05) is 0 Å². The molecule has 8 heavy (non-hydrogen) atoms. The van der Waals surface area contributed by atoms with E-state index in [2.05, 4.69) is 4.09 Å². The van der Waals surface area contributed by atoms with Crippen LogP contribution in [-0.4, -0.2) is 30.4 Å². The normalized spacial score (nSPS) is 28.5. The fourth-order valence-electron chi connectivity index (χ4n) is 0.769. The zero-order valence-electron chi connectivity index (χ0n) is 4.65. The van der Waals surface area contributed by atoms with Crippen molar-refractivity contribution in [3.05, 3.63) is 21.2 Å². The summed E-state index contributed by atoms with van der Waals surface area (Å²) >= 11 is 1.48. The van der Waals surface area contributed by atoms with Crippen LogP contribution in [0.15, 0.2) is 21.2 Å². The van der Waals surface area contributed by atoms with E-state index in [1.54, 1.807) is 5.98 Å². The number of rotatable bonds is 0. The summed E-state index contributed by atoms with van der Waals surface area (Å²) < 4.78 is 2.22. The molecule has 0 aromatic carbocycles. The molecule has 0 aliphatic heterocycles. The van der Waals surface area contributed by atoms with Crippen molar-refractivity contribution in [3.8, 4) is 0 Å². The average Bonchev–Trinajstić information content (AvgIpc) is 1.66. The Morgan fingerprint density at radius 3 is 2.12 bits per heavy atom. The molecule has 0 heterocycles. The van der Waals surface area contributed by atoms with Gasteiger partial charge in [-0.05, 0) is 0 Å². The molecule has 0 nitrogen and oxygen atoms in total. The molecular formula is C6H6BSn+. The van der Waals surface area contributed by atoms with Crippen LogP contribution in [0.4, 0.5) is 0 Å². The third-order valence-corrected chi connectivity index (χ3v) is 2.45. The third-order valence-electron chi connectivity index (χ3n) is 1.45. The Morgan fingerprint density at radius 1 is 1.38 bits per heavy atom. The monoisotopic (exact) mass is 209 g/mol. The van der Waals surface area contributed by atoms with Gasteiger partial charge in [0, 0.05) is 0 Å². The number of hydrogen-bond donors (Lipinski definition) is 0. The van der Waals surface area contributed by atoms with Gasteiger partial charge in [0.1, 0.15) is 0 Å². The van der Waals surface area contributed by atoms with Crippen LogP contribution in [0, 0.1) is 0 Å². The maximum atomic E-state index is 5.31. The SMILES string of the molecule is [B]/C=C1/CC/C1=[CH]/[Sn+]. The molecule has 1 saturated carbocycles. The summed E-state index contributed by atoms with van der Waals surface area (Å²) in [6, 6.07) is 0. The minimum absolute atomic E-state index is 1.19. The van der Waals surface area contributed by atoms with Crippen LogP contribution >= 0.6 is 0 Å². The molecule has 0 N–H and O–H groups in total. The molecule has 1 aliphatic carbocycles. The molecule has 0 spiro atoms. The molecule has 0 amide bonds. The Labute approximate surface area is 64.5 Å². The first-order valence-corrected chi connectivity index (χ1v) is 4.30. The summed E-state index contributed by atoms with van der Waals surface area (Å²) in [5.41, 5.74) is 2.81. The van der Waals surface area contributed by atoms with E-state index in [0.29, 0.717) is 0 Å². The van der Waals surface area contributed by atoms with E-state index < -0.39 is 0 Å². The van der Waals surface area contributed by atoms with E-state index in [1.165, 1.54) is 46.5 Å². The van der Waals surface area contributed by atoms with E-state index in [9.17, 15) is 0 Å². The second-order valence-electron chi connectivity index (χ2n) is 1.86. The van der Waals surface area contributed by atoms with E-state index in [4.69, 9.17) is 7.85 Å². The molecule has 1 aliphatic rings. The van der Waals surface area contributed by atoms with Crippen molar-refractivity contribution in [2.45, 2.75) is 12.8 Å². The molecule has 0 atom stereocenters. The molecule has 0 saturated heterocycles. The van der Waals surface area contributed by atoms with Gasteiger partial charge in [0.15, 0.2) is 0 Å². The molecule has 1 fully saturated rings. The average molecular weight is 208 g/mol. The van der Waals surface area contributed by atoms with Gasteiger partial charge in [-0.2, -0.15) is 0 Å². The first-order chi connectivity index (χ1) is 3.88. The summed E-state index contributed by atoms with van der Waals surface area (Å²) in [6.07, 6.45) is 2.44. The van der Waals surface area contributed by atoms with Gasteiger partial charge in [0.2, 0.25) is 0 Å². The molecule has 36 valence electrons. The van der Waals surface area contributed by atoms with Gasteiger partial charge < -0.3 is 0 Å². The zero-order valence-corrected chi connectivity index (χ0v) is 7.50. The van der Waals surface area contributed by atoms with E-state index in [0.717, 1.165) is 0 Å². The Balaban J connectivity index is 2.64. The number of hydrogen-bond acceptors (Lipinski definition) is 0. The maximum absolute atomic E-state index is 5.31. The predicted octanol–water partition coefficient (Wildman–Crippen LogP) is 0.885. The summed E-state index contributed by atoms with van der Waals surface area (Å²) in [7, 11) is 5.31. The van der Waals surface area contributed by atoms with Crippen LogP contribution < -0.4 is 0 Å². The first-order valence-electron chi connectivity index (χ1n) is 2.66. The summed E-state index contributed by atoms with van der Waals surface area (Å²) in [5.74, 6) is 1.72. The van der Waals surface area contributed by atoms with Gasteiger partial charge in [-0.25, -0.2) is 0 Å². The molecule has 4 radical (unpaired) electrons. The van der Waals surface area contributed by atoms with Crippen LogP contribution in [-0.2, 0) is 0 Å². The molecule has 0 aromatic rings. The van der Waals surface area contributed by atoms with Crippen LogP contribution in [0.25, 0.3) is 0 Å². The van der Waals surface area contributed by atoms with Crippen molar-refractivity contribution in [2.24, 2.45) is 0 Å². The van der Waals surface area contributed by atoms with Crippen molar-refractivity contribution in [2.75, 3.05) is 0 Å². The summed E-state index contributed by atoms with van der Waals surface area (Å²) in [6.45, 7) is 0. The summed E-state index contributed by atoms with van der Waals surface area (Å²) in [4.78, 5) is 0.